The van der Waals surface area contributed by atoms with Gasteiger partial charge in [0.1, 0.15) is 11.3 Å². The minimum Gasteiger partial charge on any atom is -0.497 e. The molecule has 2 aromatic carbocycles. The summed E-state index contributed by atoms with van der Waals surface area (Å²) in [4.78, 5) is 15.2. The number of nitrogens with zero attached hydrogens (tertiary/aromatic N) is 1. The molecule has 0 radical (unpaired) electrons. The summed E-state index contributed by atoms with van der Waals surface area (Å²) >= 11 is 3.45. The van der Waals surface area contributed by atoms with Gasteiger partial charge < -0.3 is 14.1 Å². The second-order valence-corrected chi connectivity index (χ2v) is 10.7. The molecular formula is C22H22BrNO5S. The van der Waals surface area contributed by atoms with Gasteiger partial charge in [0, 0.05) is 28.0 Å². The monoisotopic (exact) mass is 491 g/mol. The third kappa shape index (κ3) is 4.11. The Labute approximate surface area is 183 Å². The van der Waals surface area contributed by atoms with Crippen molar-refractivity contribution in [2.45, 2.75) is 25.9 Å². The van der Waals surface area contributed by atoms with E-state index in [1.54, 1.807) is 12.0 Å². The summed E-state index contributed by atoms with van der Waals surface area (Å²) in [6, 6.07) is 12.6. The summed E-state index contributed by atoms with van der Waals surface area (Å²) in [6.45, 7) is 2.12. The van der Waals surface area contributed by atoms with Crippen LogP contribution in [0.1, 0.15) is 28.1 Å². The molecule has 1 fully saturated rings. The van der Waals surface area contributed by atoms with Crippen molar-refractivity contribution in [3.8, 4) is 5.75 Å². The summed E-state index contributed by atoms with van der Waals surface area (Å²) in [6.07, 6.45) is 0.420. The summed E-state index contributed by atoms with van der Waals surface area (Å²) in [7, 11) is -1.57. The summed E-state index contributed by atoms with van der Waals surface area (Å²) < 4.78 is 36.3. The quantitative estimate of drug-likeness (QED) is 0.530. The van der Waals surface area contributed by atoms with E-state index in [4.69, 9.17) is 9.15 Å². The maximum absolute atomic E-state index is 13.6. The number of hydrogen-bond acceptors (Lipinski definition) is 5. The number of amides is 1. The first-order valence-corrected chi connectivity index (χ1v) is 12.2. The second-order valence-electron chi connectivity index (χ2n) is 7.54. The van der Waals surface area contributed by atoms with Crippen LogP contribution in [0.4, 0.5) is 0 Å². The molecule has 1 aliphatic rings. The molecule has 0 spiro atoms. The van der Waals surface area contributed by atoms with E-state index >= 15 is 0 Å². The van der Waals surface area contributed by atoms with Gasteiger partial charge in [0.25, 0.3) is 5.91 Å². The minimum absolute atomic E-state index is 0.0342. The van der Waals surface area contributed by atoms with Crippen molar-refractivity contribution in [2.75, 3.05) is 18.6 Å². The minimum atomic E-state index is -3.16. The number of rotatable bonds is 5. The second kappa shape index (κ2) is 8.07. The molecule has 1 atom stereocenters. The fraction of sp³-hybridized carbons (Fsp3) is 0.318. The van der Waals surface area contributed by atoms with Gasteiger partial charge in [-0.25, -0.2) is 8.42 Å². The van der Waals surface area contributed by atoms with Crippen LogP contribution >= 0.6 is 15.9 Å². The molecule has 6 nitrogen and oxygen atoms in total. The number of furan rings is 1. The van der Waals surface area contributed by atoms with E-state index in [1.807, 2.05) is 49.4 Å². The molecule has 158 valence electrons. The van der Waals surface area contributed by atoms with Crippen LogP contribution in [0, 0.1) is 6.92 Å². The van der Waals surface area contributed by atoms with Gasteiger partial charge in [-0.15, -0.1) is 0 Å². The first-order valence-electron chi connectivity index (χ1n) is 9.60. The number of carbonyl (C=O) groups excluding carboxylic acids is 1. The number of sulfone groups is 1. The number of ether oxygens (including phenoxy) is 1. The lowest BCUT2D eigenvalue weighted by Crippen LogP contribution is -2.40. The Balaban J connectivity index is 1.73. The Hall–Kier alpha value is -2.32. The molecule has 4 rings (SSSR count). The Morgan fingerprint density at radius 3 is 2.77 bits per heavy atom. The van der Waals surface area contributed by atoms with Gasteiger partial charge in [-0.05, 0) is 49.2 Å². The van der Waals surface area contributed by atoms with Gasteiger partial charge in [0.05, 0.1) is 18.6 Å². The van der Waals surface area contributed by atoms with Crippen LogP contribution in [0.2, 0.25) is 0 Å². The van der Waals surface area contributed by atoms with E-state index in [9.17, 15) is 13.2 Å². The third-order valence-corrected chi connectivity index (χ3v) is 7.73. The van der Waals surface area contributed by atoms with Crippen molar-refractivity contribution in [1.82, 2.24) is 4.90 Å². The van der Waals surface area contributed by atoms with E-state index in [0.29, 0.717) is 17.8 Å². The molecule has 2 heterocycles. The standard InChI is InChI=1S/C22H22BrNO5S/c1-14-19-11-16(23)6-7-20(19)29-21(14)22(25)24(17-8-9-30(26,27)13-17)12-15-4-3-5-18(10-15)28-2/h3-7,10-11,17H,8-9,12-13H2,1-2H3/t17-/m0/s1. The maximum Gasteiger partial charge on any atom is 0.290 e. The molecule has 8 heteroatoms. The Morgan fingerprint density at radius 1 is 1.27 bits per heavy atom. The highest BCUT2D eigenvalue weighted by molar-refractivity contribution is 9.10. The van der Waals surface area contributed by atoms with E-state index < -0.39 is 15.9 Å². The van der Waals surface area contributed by atoms with Crippen molar-refractivity contribution in [3.05, 3.63) is 63.8 Å². The van der Waals surface area contributed by atoms with Gasteiger partial charge >= 0.3 is 0 Å². The molecule has 30 heavy (non-hydrogen) atoms. The highest BCUT2D eigenvalue weighted by atomic mass is 79.9. The number of fused-ring (bicyclic) bond motifs is 1. The number of aryl methyl sites for hydroxylation is 1. The van der Waals surface area contributed by atoms with E-state index in [0.717, 1.165) is 21.0 Å². The SMILES string of the molecule is COc1cccc(CN(C(=O)c2oc3ccc(Br)cc3c2C)[C@H]2CCS(=O)(=O)C2)c1. The molecule has 0 aliphatic carbocycles. The molecular weight excluding hydrogens is 470 g/mol. The highest BCUT2D eigenvalue weighted by Crippen LogP contribution is 2.31. The van der Waals surface area contributed by atoms with Crippen LogP contribution in [-0.4, -0.2) is 43.9 Å². The Bertz CT molecular complexity index is 1220. The normalized spacial score (nSPS) is 17.9. The molecule has 1 saturated heterocycles. The lowest BCUT2D eigenvalue weighted by Gasteiger charge is -2.28. The number of halogens is 1. The fourth-order valence-corrected chi connectivity index (χ4v) is 5.97. The number of carbonyl (C=O) groups is 1. The molecule has 1 aliphatic heterocycles. The van der Waals surface area contributed by atoms with Crippen molar-refractivity contribution in [1.29, 1.82) is 0 Å². The number of methoxy groups -OCH3 is 1. The van der Waals surface area contributed by atoms with Gasteiger partial charge in [-0.1, -0.05) is 28.1 Å². The molecule has 0 unspecified atom stereocenters. The van der Waals surface area contributed by atoms with Crippen LogP contribution in [-0.2, 0) is 16.4 Å². The van der Waals surface area contributed by atoms with Gasteiger partial charge in [-0.3, -0.25) is 4.79 Å². The van der Waals surface area contributed by atoms with Gasteiger partial charge in [0.2, 0.25) is 0 Å². The average molecular weight is 492 g/mol. The zero-order valence-corrected chi connectivity index (χ0v) is 19.1. The molecule has 0 bridgehead atoms. The van der Waals surface area contributed by atoms with Crippen molar-refractivity contribution >= 4 is 42.6 Å². The Morgan fingerprint density at radius 2 is 2.07 bits per heavy atom. The lowest BCUT2D eigenvalue weighted by atomic mass is 10.1. The van der Waals surface area contributed by atoms with E-state index in [2.05, 4.69) is 15.9 Å². The smallest absolute Gasteiger partial charge is 0.290 e. The predicted octanol–water partition coefficient (Wildman–Crippen LogP) is 4.34. The predicted molar refractivity (Wildman–Crippen MR) is 119 cm³/mol. The highest BCUT2D eigenvalue weighted by Gasteiger charge is 2.36. The van der Waals surface area contributed by atoms with Gasteiger partial charge in [-0.2, -0.15) is 0 Å². The molecule has 0 saturated carbocycles. The number of benzene rings is 2. The van der Waals surface area contributed by atoms with Crippen molar-refractivity contribution < 1.29 is 22.4 Å². The zero-order valence-electron chi connectivity index (χ0n) is 16.7. The number of hydrogen-bond donors (Lipinski definition) is 0. The van der Waals surface area contributed by atoms with Gasteiger partial charge in [0.15, 0.2) is 15.6 Å². The van der Waals surface area contributed by atoms with Crippen molar-refractivity contribution in [2.24, 2.45) is 0 Å². The Kier molecular flexibility index (Phi) is 5.63. The van der Waals surface area contributed by atoms with Crippen LogP contribution in [0.25, 0.3) is 11.0 Å². The first kappa shape index (κ1) is 20.9. The topological polar surface area (TPSA) is 76.8 Å². The summed E-state index contributed by atoms with van der Waals surface area (Å²) in [5, 5.41) is 0.855. The maximum atomic E-state index is 13.6. The van der Waals surface area contributed by atoms with E-state index in [-0.39, 0.29) is 29.7 Å². The fourth-order valence-electron chi connectivity index (χ4n) is 3.88. The van der Waals surface area contributed by atoms with Crippen LogP contribution < -0.4 is 4.74 Å². The molecule has 3 aromatic rings. The first-order chi connectivity index (χ1) is 14.3. The van der Waals surface area contributed by atoms with Crippen molar-refractivity contribution in [3.63, 3.8) is 0 Å². The summed E-state index contributed by atoms with van der Waals surface area (Å²) in [5.74, 6) is 0.683. The third-order valence-electron chi connectivity index (χ3n) is 5.49. The molecule has 0 N–H and O–H groups in total. The van der Waals surface area contributed by atoms with Crippen LogP contribution in [0.5, 0.6) is 5.75 Å². The average Bonchev–Trinajstić information content (AvgIpc) is 3.25. The van der Waals surface area contributed by atoms with E-state index in [1.165, 1.54) is 0 Å². The van der Waals surface area contributed by atoms with Crippen LogP contribution in [0.3, 0.4) is 0 Å². The molecule has 1 aromatic heterocycles. The lowest BCUT2D eigenvalue weighted by molar-refractivity contribution is 0.0649. The zero-order chi connectivity index (χ0) is 21.5. The molecule has 1 amide bonds. The van der Waals surface area contributed by atoms with Crippen LogP contribution in [0.15, 0.2) is 51.4 Å². The largest absolute Gasteiger partial charge is 0.497 e. The summed E-state index contributed by atoms with van der Waals surface area (Å²) in [5.41, 5.74) is 2.23.